The van der Waals surface area contributed by atoms with E-state index in [1.165, 1.54) is 4.90 Å². The van der Waals surface area contributed by atoms with Crippen LogP contribution >= 0.6 is 12.6 Å². The molecular formula is C36H53N3O6S. The topological polar surface area (TPSA) is 114 Å². The molecule has 2 N–H and O–H groups in total. The molecule has 2 aromatic rings. The number of alkyl carbamates (subject to hydrolysis) is 1. The quantitative estimate of drug-likeness (QED) is 0.109. The molecule has 0 aliphatic rings. The Labute approximate surface area is 280 Å². The fourth-order valence-electron chi connectivity index (χ4n) is 4.86. The van der Waals surface area contributed by atoms with E-state index >= 15 is 0 Å². The van der Waals surface area contributed by atoms with Gasteiger partial charge >= 0.3 is 12.1 Å². The number of benzene rings is 2. The molecule has 3 atom stereocenters. The largest absolute Gasteiger partial charge is 0.458 e. The highest BCUT2D eigenvalue weighted by Gasteiger charge is 2.38. The Kier molecular flexibility index (Phi) is 15.6. The lowest BCUT2D eigenvalue weighted by atomic mass is 10.0. The van der Waals surface area contributed by atoms with Crippen LogP contribution in [-0.2, 0) is 30.3 Å². The van der Waals surface area contributed by atoms with E-state index in [2.05, 4.69) is 30.2 Å². The van der Waals surface area contributed by atoms with Crippen LogP contribution in [0.5, 0.6) is 0 Å². The summed E-state index contributed by atoms with van der Waals surface area (Å²) in [5.41, 5.74) is -0.131. The third kappa shape index (κ3) is 13.8. The minimum atomic E-state index is -1.09. The Morgan fingerprint density at radius 2 is 1.33 bits per heavy atom. The molecule has 2 aromatic carbocycles. The first-order valence-corrected chi connectivity index (χ1v) is 16.8. The van der Waals surface area contributed by atoms with E-state index < -0.39 is 53.2 Å². The summed E-state index contributed by atoms with van der Waals surface area (Å²) in [5, 5.41) is 5.57. The van der Waals surface area contributed by atoms with Crippen molar-refractivity contribution in [2.24, 2.45) is 0 Å². The SMILES string of the molecule is CCCCCCCN(C(=O)C(CS)NC(=O)OC(C)(C)C)C(C(=O)NC(Cc1ccccc1)C(=O)OC(C)(C)C)c1ccccc1. The highest BCUT2D eigenvalue weighted by atomic mass is 32.1. The number of ether oxygens (including phenoxy) is 2. The summed E-state index contributed by atoms with van der Waals surface area (Å²) in [5.74, 6) is -1.59. The van der Waals surface area contributed by atoms with Crippen LogP contribution < -0.4 is 10.6 Å². The maximum atomic E-state index is 14.4. The third-order valence-electron chi connectivity index (χ3n) is 6.92. The van der Waals surface area contributed by atoms with Gasteiger partial charge in [-0.15, -0.1) is 0 Å². The fraction of sp³-hybridized carbons (Fsp3) is 0.556. The summed E-state index contributed by atoms with van der Waals surface area (Å²) in [6, 6.07) is 15.2. The normalized spacial score (nSPS) is 13.6. The molecule has 46 heavy (non-hydrogen) atoms. The highest BCUT2D eigenvalue weighted by molar-refractivity contribution is 7.80. The van der Waals surface area contributed by atoms with Crippen molar-refractivity contribution in [1.29, 1.82) is 0 Å². The van der Waals surface area contributed by atoms with Crippen molar-refractivity contribution in [2.75, 3.05) is 12.3 Å². The molecule has 0 saturated heterocycles. The zero-order valence-electron chi connectivity index (χ0n) is 28.5. The highest BCUT2D eigenvalue weighted by Crippen LogP contribution is 2.25. The van der Waals surface area contributed by atoms with Crippen molar-refractivity contribution in [3.63, 3.8) is 0 Å². The van der Waals surface area contributed by atoms with Gasteiger partial charge in [-0.25, -0.2) is 9.59 Å². The van der Waals surface area contributed by atoms with Crippen molar-refractivity contribution >= 4 is 36.5 Å². The van der Waals surface area contributed by atoms with Gasteiger partial charge in [0.2, 0.25) is 11.8 Å². The number of esters is 1. The van der Waals surface area contributed by atoms with Gasteiger partial charge in [0.05, 0.1) is 0 Å². The van der Waals surface area contributed by atoms with Crippen LogP contribution in [0.4, 0.5) is 4.79 Å². The van der Waals surface area contributed by atoms with Gasteiger partial charge in [-0.1, -0.05) is 93.3 Å². The number of carbonyl (C=O) groups is 4. The van der Waals surface area contributed by atoms with Crippen molar-refractivity contribution in [2.45, 2.75) is 116 Å². The molecule has 0 fully saturated rings. The number of nitrogens with one attached hydrogen (secondary N) is 2. The Balaban J connectivity index is 2.52. The van der Waals surface area contributed by atoms with Gasteiger partial charge in [0.1, 0.15) is 29.3 Å². The van der Waals surface area contributed by atoms with Crippen LogP contribution in [0.25, 0.3) is 0 Å². The minimum absolute atomic E-state index is 0.0118. The van der Waals surface area contributed by atoms with Crippen molar-refractivity contribution in [3.8, 4) is 0 Å². The Morgan fingerprint density at radius 3 is 1.87 bits per heavy atom. The lowest BCUT2D eigenvalue weighted by Gasteiger charge is -2.35. The monoisotopic (exact) mass is 655 g/mol. The average Bonchev–Trinajstić information content (AvgIpc) is 2.97. The lowest BCUT2D eigenvalue weighted by molar-refractivity contribution is -0.159. The predicted octanol–water partition coefficient (Wildman–Crippen LogP) is 6.42. The number of unbranched alkanes of at least 4 members (excludes halogenated alkanes) is 4. The number of hydrogen-bond acceptors (Lipinski definition) is 7. The molecule has 0 heterocycles. The van der Waals surface area contributed by atoms with Gasteiger partial charge in [0.25, 0.3) is 0 Å². The van der Waals surface area contributed by atoms with Crippen molar-refractivity contribution in [1.82, 2.24) is 15.5 Å². The molecule has 254 valence electrons. The zero-order valence-corrected chi connectivity index (χ0v) is 29.4. The molecule has 0 aliphatic carbocycles. The van der Waals surface area contributed by atoms with Crippen LogP contribution in [0.1, 0.15) is 97.7 Å². The van der Waals surface area contributed by atoms with E-state index in [4.69, 9.17) is 9.47 Å². The van der Waals surface area contributed by atoms with Crippen LogP contribution in [0, 0.1) is 0 Å². The van der Waals surface area contributed by atoms with E-state index in [1.54, 1.807) is 65.8 Å². The molecule has 2 rings (SSSR count). The summed E-state index contributed by atoms with van der Waals surface area (Å²) in [6.45, 7) is 12.9. The first kappa shape index (κ1) is 38.7. The van der Waals surface area contributed by atoms with Gasteiger partial charge in [-0.3, -0.25) is 9.59 Å². The molecule has 0 radical (unpaired) electrons. The van der Waals surface area contributed by atoms with E-state index in [9.17, 15) is 19.2 Å². The molecule has 9 nitrogen and oxygen atoms in total. The smallest absolute Gasteiger partial charge is 0.408 e. The fourth-order valence-corrected chi connectivity index (χ4v) is 5.11. The number of thiol groups is 1. The van der Waals surface area contributed by atoms with Crippen molar-refractivity contribution in [3.05, 3.63) is 71.8 Å². The van der Waals surface area contributed by atoms with E-state index in [0.29, 0.717) is 12.0 Å². The first-order valence-electron chi connectivity index (χ1n) is 16.2. The van der Waals surface area contributed by atoms with E-state index in [1.807, 2.05) is 36.4 Å². The number of carbonyl (C=O) groups excluding carboxylic acids is 4. The molecule has 0 aliphatic heterocycles. The number of amides is 3. The standard InChI is InChI=1S/C36H53N3O6S/c1-8-9-10-11-18-23-39(32(41)29(25-46)38-34(43)45-36(5,6)7)30(27-21-16-13-17-22-27)31(40)37-28(33(42)44-35(2,3)4)24-26-19-14-12-15-20-26/h12-17,19-22,28-30,46H,8-11,18,23-25H2,1-7H3,(H,37,40)(H,38,43). The third-order valence-corrected chi connectivity index (χ3v) is 7.29. The molecule has 0 aromatic heterocycles. The molecular weight excluding hydrogens is 602 g/mol. The van der Waals surface area contributed by atoms with Gasteiger partial charge in [-0.2, -0.15) is 12.6 Å². The Hall–Kier alpha value is -3.53. The maximum absolute atomic E-state index is 14.4. The number of rotatable bonds is 16. The van der Waals surface area contributed by atoms with E-state index in [0.717, 1.165) is 31.2 Å². The predicted molar refractivity (Wildman–Crippen MR) is 185 cm³/mol. The summed E-state index contributed by atoms with van der Waals surface area (Å²) in [6.07, 6.45) is 4.07. The second-order valence-electron chi connectivity index (χ2n) is 13.4. The second-order valence-corrected chi connectivity index (χ2v) is 13.8. The van der Waals surface area contributed by atoms with Crippen LogP contribution in [0.3, 0.4) is 0 Å². The molecule has 0 bridgehead atoms. The van der Waals surface area contributed by atoms with Gasteiger partial charge in [-0.05, 0) is 59.1 Å². The van der Waals surface area contributed by atoms with Crippen molar-refractivity contribution < 1.29 is 28.7 Å². The maximum Gasteiger partial charge on any atom is 0.408 e. The lowest BCUT2D eigenvalue weighted by Crippen LogP contribution is -2.55. The van der Waals surface area contributed by atoms with Crippen LogP contribution in [0.2, 0.25) is 0 Å². The summed E-state index contributed by atoms with van der Waals surface area (Å²) in [7, 11) is 0. The van der Waals surface area contributed by atoms with Gasteiger partial charge in [0.15, 0.2) is 0 Å². The van der Waals surface area contributed by atoms with Crippen LogP contribution in [0.15, 0.2) is 60.7 Å². The summed E-state index contributed by atoms with van der Waals surface area (Å²) in [4.78, 5) is 56.2. The summed E-state index contributed by atoms with van der Waals surface area (Å²) >= 11 is 4.38. The number of nitrogens with zero attached hydrogens (tertiary/aromatic N) is 1. The Bertz CT molecular complexity index is 1240. The van der Waals surface area contributed by atoms with E-state index in [-0.39, 0.29) is 18.7 Å². The molecule has 0 saturated carbocycles. The zero-order chi connectivity index (χ0) is 34.3. The molecule has 3 unspecified atom stereocenters. The molecule has 10 heteroatoms. The van der Waals surface area contributed by atoms with Crippen LogP contribution in [-0.4, -0.2) is 64.4 Å². The second kappa shape index (κ2) is 18.6. The summed E-state index contributed by atoms with van der Waals surface area (Å²) < 4.78 is 11.1. The Morgan fingerprint density at radius 1 is 0.761 bits per heavy atom. The molecule has 3 amide bonds. The van der Waals surface area contributed by atoms with Gasteiger partial charge < -0.3 is 25.0 Å². The minimum Gasteiger partial charge on any atom is -0.458 e. The van der Waals surface area contributed by atoms with Gasteiger partial charge in [0, 0.05) is 18.7 Å². The first-order chi connectivity index (χ1) is 21.6. The molecule has 0 spiro atoms. The number of hydrogen-bond donors (Lipinski definition) is 3. The average molecular weight is 656 g/mol.